The Morgan fingerprint density at radius 3 is 2.00 bits per heavy atom. The van der Waals surface area contributed by atoms with Crippen LogP contribution >= 0.6 is 0 Å². The molecule has 0 N–H and O–H groups in total. The molecule has 0 bridgehead atoms. The van der Waals surface area contributed by atoms with Gasteiger partial charge in [0.2, 0.25) is 0 Å². The van der Waals surface area contributed by atoms with E-state index in [2.05, 4.69) is 116 Å². The first-order valence-electron chi connectivity index (χ1n) is 11.4. The van der Waals surface area contributed by atoms with E-state index < -0.39 is 0 Å². The molecular formula is C32H24O. The molecule has 6 rings (SSSR count). The van der Waals surface area contributed by atoms with E-state index >= 15 is 0 Å². The van der Waals surface area contributed by atoms with Crippen LogP contribution in [0.2, 0.25) is 0 Å². The molecule has 1 aromatic heterocycles. The highest BCUT2D eigenvalue weighted by molar-refractivity contribution is 6.09. The van der Waals surface area contributed by atoms with Crippen molar-refractivity contribution < 1.29 is 4.42 Å². The predicted molar refractivity (Wildman–Crippen MR) is 139 cm³/mol. The lowest BCUT2D eigenvalue weighted by Crippen LogP contribution is -1.99. The monoisotopic (exact) mass is 424 g/mol. The topological polar surface area (TPSA) is 13.1 Å². The molecule has 6 aromatic rings. The van der Waals surface area contributed by atoms with Gasteiger partial charge in [0.15, 0.2) is 0 Å². The van der Waals surface area contributed by atoms with Crippen LogP contribution in [-0.4, -0.2) is 0 Å². The Balaban J connectivity index is 1.39. The summed E-state index contributed by atoms with van der Waals surface area (Å²) < 4.78 is 6.25. The van der Waals surface area contributed by atoms with Crippen LogP contribution in [0.25, 0.3) is 44.2 Å². The van der Waals surface area contributed by atoms with Gasteiger partial charge in [0.05, 0.1) is 0 Å². The zero-order valence-corrected chi connectivity index (χ0v) is 18.5. The first-order valence-corrected chi connectivity index (χ1v) is 11.4. The van der Waals surface area contributed by atoms with Gasteiger partial charge in [-0.1, -0.05) is 122 Å². The van der Waals surface area contributed by atoms with Crippen LogP contribution in [0.3, 0.4) is 0 Å². The molecule has 1 heteroatoms. The third kappa shape index (κ3) is 3.43. The largest absolute Gasteiger partial charge is 0.455 e. The molecule has 0 saturated heterocycles. The number of rotatable bonds is 4. The van der Waals surface area contributed by atoms with Gasteiger partial charge < -0.3 is 4.42 Å². The van der Waals surface area contributed by atoms with E-state index in [0.717, 1.165) is 27.5 Å². The molecule has 0 saturated carbocycles. The number of para-hydroxylation sites is 2. The first-order chi connectivity index (χ1) is 16.3. The second-order valence-electron chi connectivity index (χ2n) is 8.58. The number of furan rings is 1. The van der Waals surface area contributed by atoms with Gasteiger partial charge in [-0.3, -0.25) is 0 Å². The maximum absolute atomic E-state index is 6.25. The van der Waals surface area contributed by atoms with Gasteiger partial charge in [-0.05, 0) is 33.9 Å². The van der Waals surface area contributed by atoms with Crippen LogP contribution in [0.4, 0.5) is 0 Å². The van der Waals surface area contributed by atoms with E-state index in [1.54, 1.807) is 0 Å². The highest BCUT2D eigenvalue weighted by Crippen LogP contribution is 2.37. The molecule has 0 amide bonds. The molecule has 1 heterocycles. The van der Waals surface area contributed by atoms with Gasteiger partial charge in [0, 0.05) is 22.3 Å². The van der Waals surface area contributed by atoms with Crippen LogP contribution in [0, 0.1) is 0 Å². The van der Waals surface area contributed by atoms with Crippen LogP contribution in [-0.2, 0) is 0 Å². The molecule has 0 aliphatic rings. The third-order valence-electron chi connectivity index (χ3n) is 6.64. The molecule has 1 atom stereocenters. The summed E-state index contributed by atoms with van der Waals surface area (Å²) in [5.74, 6) is 0.289. The molecule has 0 aliphatic heterocycles. The van der Waals surface area contributed by atoms with Crippen molar-refractivity contribution in [2.24, 2.45) is 0 Å². The van der Waals surface area contributed by atoms with Gasteiger partial charge in [-0.25, -0.2) is 0 Å². The molecule has 0 aliphatic carbocycles. The van der Waals surface area contributed by atoms with Crippen molar-refractivity contribution in [3.8, 4) is 22.3 Å². The summed E-state index contributed by atoms with van der Waals surface area (Å²) in [7, 11) is 0. The average Bonchev–Trinajstić information content (AvgIpc) is 3.28. The molecule has 1 nitrogen and oxygen atoms in total. The van der Waals surface area contributed by atoms with E-state index in [4.69, 9.17) is 4.42 Å². The summed E-state index contributed by atoms with van der Waals surface area (Å²) in [6, 6.07) is 43.0. The van der Waals surface area contributed by atoms with E-state index in [1.807, 2.05) is 12.1 Å². The molecule has 158 valence electrons. The maximum Gasteiger partial charge on any atom is 0.143 e. The number of hydrogen-bond acceptors (Lipinski definition) is 1. The standard InChI is InChI=1S/C32H24O/c1-22(26-12-5-6-13-27(26)24-10-3-2-4-11-24)23-18-20-25(21-19-23)28-15-9-16-30-29-14-7-8-17-31(29)33-32(28)30/h2-22H,1H3. The number of benzene rings is 5. The molecule has 5 aromatic carbocycles. The molecule has 33 heavy (non-hydrogen) atoms. The Bertz CT molecular complexity index is 1560. The van der Waals surface area contributed by atoms with Crippen molar-refractivity contribution in [2.45, 2.75) is 12.8 Å². The van der Waals surface area contributed by atoms with Crippen molar-refractivity contribution in [1.29, 1.82) is 0 Å². The summed E-state index contributed by atoms with van der Waals surface area (Å²) in [4.78, 5) is 0. The van der Waals surface area contributed by atoms with Crippen molar-refractivity contribution in [3.63, 3.8) is 0 Å². The zero-order valence-electron chi connectivity index (χ0n) is 18.5. The van der Waals surface area contributed by atoms with Crippen molar-refractivity contribution in [1.82, 2.24) is 0 Å². The summed E-state index contributed by atoms with van der Waals surface area (Å²) >= 11 is 0. The smallest absolute Gasteiger partial charge is 0.143 e. The van der Waals surface area contributed by atoms with Gasteiger partial charge in [-0.2, -0.15) is 0 Å². The predicted octanol–water partition coefficient (Wildman–Crippen LogP) is 9.07. The Morgan fingerprint density at radius 1 is 0.515 bits per heavy atom. The van der Waals surface area contributed by atoms with Crippen LogP contribution < -0.4 is 0 Å². The van der Waals surface area contributed by atoms with E-state index in [1.165, 1.54) is 27.8 Å². The lowest BCUT2D eigenvalue weighted by Gasteiger charge is -2.18. The van der Waals surface area contributed by atoms with Gasteiger partial charge in [-0.15, -0.1) is 0 Å². The lowest BCUT2D eigenvalue weighted by molar-refractivity contribution is 0.670. The van der Waals surface area contributed by atoms with Gasteiger partial charge >= 0.3 is 0 Å². The van der Waals surface area contributed by atoms with E-state index in [-0.39, 0.29) is 5.92 Å². The fourth-order valence-corrected chi connectivity index (χ4v) is 4.86. The van der Waals surface area contributed by atoms with Crippen molar-refractivity contribution in [2.75, 3.05) is 0 Å². The summed E-state index contributed by atoms with van der Waals surface area (Å²) in [5.41, 5.74) is 9.39. The van der Waals surface area contributed by atoms with Crippen LogP contribution in [0.5, 0.6) is 0 Å². The Labute approximate surface area is 193 Å². The molecule has 0 radical (unpaired) electrons. The second kappa shape index (κ2) is 8.11. The van der Waals surface area contributed by atoms with Crippen LogP contribution in [0.15, 0.2) is 126 Å². The zero-order chi connectivity index (χ0) is 22.2. The molecule has 1 unspecified atom stereocenters. The normalized spacial score (nSPS) is 12.3. The fourth-order valence-electron chi connectivity index (χ4n) is 4.86. The minimum Gasteiger partial charge on any atom is -0.455 e. The Morgan fingerprint density at radius 2 is 1.15 bits per heavy atom. The van der Waals surface area contributed by atoms with Crippen molar-refractivity contribution >= 4 is 21.9 Å². The minimum absolute atomic E-state index is 0.289. The van der Waals surface area contributed by atoms with Gasteiger partial charge in [0.25, 0.3) is 0 Å². The summed E-state index contributed by atoms with van der Waals surface area (Å²) in [6.07, 6.45) is 0. The molecule has 0 spiro atoms. The van der Waals surface area contributed by atoms with E-state index in [0.29, 0.717) is 0 Å². The van der Waals surface area contributed by atoms with Gasteiger partial charge in [0.1, 0.15) is 11.2 Å². The SMILES string of the molecule is CC(c1ccc(-c2cccc3c2oc2ccccc23)cc1)c1ccccc1-c1ccccc1. The van der Waals surface area contributed by atoms with Crippen LogP contribution in [0.1, 0.15) is 24.0 Å². The number of fused-ring (bicyclic) bond motifs is 3. The minimum atomic E-state index is 0.289. The Hall–Kier alpha value is -4.10. The molecule has 0 fully saturated rings. The Kier molecular flexibility index (Phi) is 4.81. The average molecular weight is 425 g/mol. The third-order valence-corrected chi connectivity index (χ3v) is 6.64. The van der Waals surface area contributed by atoms with Crippen molar-refractivity contribution in [3.05, 3.63) is 132 Å². The molecular weight excluding hydrogens is 400 g/mol. The number of hydrogen-bond donors (Lipinski definition) is 0. The summed E-state index contributed by atoms with van der Waals surface area (Å²) in [6.45, 7) is 2.29. The quantitative estimate of drug-likeness (QED) is 0.275. The van der Waals surface area contributed by atoms with E-state index in [9.17, 15) is 0 Å². The maximum atomic E-state index is 6.25. The summed E-state index contributed by atoms with van der Waals surface area (Å²) in [5, 5.41) is 2.33. The highest BCUT2D eigenvalue weighted by atomic mass is 16.3. The lowest BCUT2D eigenvalue weighted by atomic mass is 9.86. The second-order valence-corrected chi connectivity index (χ2v) is 8.58. The first kappa shape index (κ1) is 19.6. The highest BCUT2D eigenvalue weighted by Gasteiger charge is 2.15. The fraction of sp³-hybridized carbons (Fsp3) is 0.0625.